The van der Waals surface area contributed by atoms with Gasteiger partial charge in [0.15, 0.2) is 0 Å². The minimum Gasteiger partial charge on any atom is -0.314 e. The average molecular weight is 212 g/mol. The van der Waals surface area contributed by atoms with Gasteiger partial charge in [-0.15, -0.1) is 0 Å². The molecule has 1 aliphatic rings. The molecule has 2 aromatic rings. The van der Waals surface area contributed by atoms with Crippen LogP contribution in [0.5, 0.6) is 0 Å². The van der Waals surface area contributed by atoms with Crippen molar-refractivity contribution in [3.8, 4) is 0 Å². The molecule has 2 nitrogen and oxygen atoms in total. The van der Waals surface area contributed by atoms with E-state index < -0.39 is 0 Å². The van der Waals surface area contributed by atoms with Gasteiger partial charge in [-0.2, -0.15) is 0 Å². The van der Waals surface area contributed by atoms with Gasteiger partial charge in [-0.3, -0.25) is 0 Å². The lowest BCUT2D eigenvalue weighted by Crippen LogP contribution is -2.42. The van der Waals surface area contributed by atoms with E-state index in [1.54, 1.807) is 0 Å². The highest BCUT2D eigenvalue weighted by Crippen LogP contribution is 2.24. The second kappa shape index (κ2) is 4.24. The maximum Gasteiger partial charge on any atom is 0.0453 e. The van der Waals surface area contributed by atoms with Crippen LogP contribution in [0.1, 0.15) is 11.6 Å². The summed E-state index contributed by atoms with van der Waals surface area (Å²) in [6, 6.07) is 15.6. The van der Waals surface area contributed by atoms with Crippen LogP contribution in [0.4, 0.5) is 0 Å². The van der Waals surface area contributed by atoms with Crippen LogP contribution in [-0.4, -0.2) is 19.6 Å². The minimum atomic E-state index is 0.444. The van der Waals surface area contributed by atoms with Crippen molar-refractivity contribution >= 4 is 10.8 Å². The third kappa shape index (κ3) is 1.70. The topological polar surface area (TPSA) is 24.1 Å². The normalized spacial score (nSPS) is 21.1. The van der Waals surface area contributed by atoms with Crippen molar-refractivity contribution in [2.45, 2.75) is 6.04 Å². The molecule has 0 aromatic heterocycles. The van der Waals surface area contributed by atoms with Gasteiger partial charge in [-0.25, -0.2) is 0 Å². The Kier molecular flexibility index (Phi) is 2.60. The van der Waals surface area contributed by atoms with Crippen LogP contribution in [0.25, 0.3) is 10.8 Å². The molecule has 3 rings (SSSR count). The molecule has 0 aliphatic carbocycles. The molecule has 2 aromatic carbocycles. The number of nitrogens with one attached hydrogen (secondary N) is 2. The highest BCUT2D eigenvalue weighted by atomic mass is 15.1. The molecule has 2 heteroatoms. The van der Waals surface area contributed by atoms with Gasteiger partial charge in [0.05, 0.1) is 0 Å². The van der Waals surface area contributed by atoms with E-state index in [2.05, 4.69) is 53.1 Å². The van der Waals surface area contributed by atoms with Crippen LogP contribution in [-0.2, 0) is 0 Å². The molecule has 1 aliphatic heterocycles. The molecule has 0 radical (unpaired) electrons. The fourth-order valence-electron chi connectivity index (χ4n) is 2.43. The predicted octanol–water partition coefficient (Wildman–Crippen LogP) is 2.07. The largest absolute Gasteiger partial charge is 0.314 e. The first-order chi connectivity index (χ1) is 7.95. The number of benzene rings is 2. The molecule has 2 N–H and O–H groups in total. The van der Waals surface area contributed by atoms with Gasteiger partial charge >= 0.3 is 0 Å². The van der Waals surface area contributed by atoms with Gasteiger partial charge in [0.2, 0.25) is 0 Å². The van der Waals surface area contributed by atoms with Crippen molar-refractivity contribution in [1.82, 2.24) is 10.6 Å². The van der Waals surface area contributed by atoms with Crippen molar-refractivity contribution in [2.75, 3.05) is 19.6 Å². The molecule has 1 fully saturated rings. The Morgan fingerprint density at radius 3 is 2.69 bits per heavy atom. The van der Waals surface area contributed by atoms with E-state index >= 15 is 0 Å². The number of piperazine rings is 1. The van der Waals surface area contributed by atoms with Gasteiger partial charge in [-0.1, -0.05) is 42.5 Å². The van der Waals surface area contributed by atoms with E-state index in [1.165, 1.54) is 16.3 Å². The van der Waals surface area contributed by atoms with Gasteiger partial charge in [0, 0.05) is 25.7 Å². The van der Waals surface area contributed by atoms with Crippen molar-refractivity contribution < 1.29 is 0 Å². The van der Waals surface area contributed by atoms with Crippen LogP contribution in [0, 0.1) is 0 Å². The first-order valence-electron chi connectivity index (χ1n) is 5.87. The minimum absolute atomic E-state index is 0.444. The summed E-state index contributed by atoms with van der Waals surface area (Å²) in [4.78, 5) is 0. The van der Waals surface area contributed by atoms with Crippen molar-refractivity contribution in [3.63, 3.8) is 0 Å². The summed E-state index contributed by atoms with van der Waals surface area (Å²) >= 11 is 0. The van der Waals surface area contributed by atoms with Crippen molar-refractivity contribution in [2.24, 2.45) is 0 Å². The SMILES string of the molecule is c1ccc2c([C@H]3CNCCN3)cccc2c1. The quantitative estimate of drug-likeness (QED) is 0.756. The maximum atomic E-state index is 3.57. The molecule has 0 spiro atoms. The Morgan fingerprint density at radius 2 is 1.81 bits per heavy atom. The van der Waals surface area contributed by atoms with Crippen LogP contribution >= 0.6 is 0 Å². The molecular weight excluding hydrogens is 196 g/mol. The van der Waals surface area contributed by atoms with E-state index in [9.17, 15) is 0 Å². The Balaban J connectivity index is 2.08. The molecule has 0 saturated carbocycles. The zero-order valence-electron chi connectivity index (χ0n) is 9.24. The van der Waals surface area contributed by atoms with Crippen molar-refractivity contribution in [3.05, 3.63) is 48.0 Å². The third-order valence-corrected chi connectivity index (χ3v) is 3.24. The van der Waals surface area contributed by atoms with Crippen molar-refractivity contribution in [1.29, 1.82) is 0 Å². The standard InChI is InChI=1S/C14H16N2/c1-2-6-12-11(4-1)5-3-7-13(12)14-10-15-8-9-16-14/h1-7,14-16H,8-10H2/t14-/m1/s1. The van der Waals surface area contributed by atoms with Crippen LogP contribution in [0.15, 0.2) is 42.5 Å². The van der Waals surface area contributed by atoms with E-state index in [1.807, 2.05) is 0 Å². The maximum absolute atomic E-state index is 3.57. The van der Waals surface area contributed by atoms with Gasteiger partial charge < -0.3 is 10.6 Å². The molecule has 1 saturated heterocycles. The Labute approximate surface area is 95.7 Å². The van der Waals surface area contributed by atoms with Crippen LogP contribution < -0.4 is 10.6 Å². The number of rotatable bonds is 1. The van der Waals surface area contributed by atoms with Crippen LogP contribution in [0.2, 0.25) is 0 Å². The summed E-state index contributed by atoms with van der Waals surface area (Å²) in [5.41, 5.74) is 1.41. The molecule has 1 atom stereocenters. The van der Waals surface area contributed by atoms with E-state index in [-0.39, 0.29) is 0 Å². The number of hydrogen-bond acceptors (Lipinski definition) is 2. The fourth-order valence-corrected chi connectivity index (χ4v) is 2.43. The first kappa shape index (κ1) is 9.82. The van der Waals surface area contributed by atoms with E-state index in [0.29, 0.717) is 6.04 Å². The molecule has 1 heterocycles. The average Bonchev–Trinajstić information content (AvgIpc) is 2.39. The smallest absolute Gasteiger partial charge is 0.0453 e. The second-order valence-electron chi connectivity index (χ2n) is 4.28. The molecule has 16 heavy (non-hydrogen) atoms. The summed E-state index contributed by atoms with van der Waals surface area (Å²) < 4.78 is 0. The predicted molar refractivity (Wildman–Crippen MR) is 67.6 cm³/mol. The lowest BCUT2D eigenvalue weighted by Gasteiger charge is -2.26. The summed E-state index contributed by atoms with van der Waals surface area (Å²) in [5, 5.41) is 9.69. The van der Waals surface area contributed by atoms with Gasteiger partial charge in [0.1, 0.15) is 0 Å². The highest BCUT2D eigenvalue weighted by Gasteiger charge is 2.15. The Morgan fingerprint density at radius 1 is 0.938 bits per heavy atom. The summed E-state index contributed by atoms with van der Waals surface area (Å²) in [5.74, 6) is 0. The molecular formula is C14H16N2. The van der Waals surface area contributed by atoms with E-state index in [4.69, 9.17) is 0 Å². The zero-order valence-corrected chi connectivity index (χ0v) is 9.24. The fraction of sp³-hybridized carbons (Fsp3) is 0.286. The van der Waals surface area contributed by atoms with Gasteiger partial charge in [0.25, 0.3) is 0 Å². The highest BCUT2D eigenvalue weighted by molar-refractivity contribution is 5.86. The monoisotopic (exact) mass is 212 g/mol. The summed E-state index contributed by atoms with van der Waals surface area (Å²) in [6.07, 6.45) is 0. The molecule has 0 bridgehead atoms. The first-order valence-corrected chi connectivity index (χ1v) is 5.87. The lowest BCUT2D eigenvalue weighted by atomic mass is 9.98. The number of fused-ring (bicyclic) bond motifs is 1. The second-order valence-corrected chi connectivity index (χ2v) is 4.28. The number of hydrogen-bond donors (Lipinski definition) is 2. The summed E-state index contributed by atoms with van der Waals surface area (Å²) in [6.45, 7) is 3.14. The molecule has 82 valence electrons. The lowest BCUT2D eigenvalue weighted by molar-refractivity contribution is 0.432. The van der Waals surface area contributed by atoms with E-state index in [0.717, 1.165) is 19.6 Å². The molecule has 0 unspecified atom stereocenters. The molecule has 0 amide bonds. The van der Waals surface area contributed by atoms with Gasteiger partial charge in [-0.05, 0) is 16.3 Å². The summed E-state index contributed by atoms with van der Waals surface area (Å²) in [7, 11) is 0. The Hall–Kier alpha value is -1.38. The zero-order chi connectivity index (χ0) is 10.8. The Bertz CT molecular complexity index is 482. The third-order valence-electron chi connectivity index (χ3n) is 3.24. The van der Waals surface area contributed by atoms with Crippen LogP contribution in [0.3, 0.4) is 0 Å².